The van der Waals surface area contributed by atoms with Crippen molar-refractivity contribution in [1.29, 1.82) is 5.26 Å². The Kier molecular flexibility index (Phi) is 4.69. The minimum Gasteiger partial charge on any atom is -0.294 e. The third-order valence-electron chi connectivity index (χ3n) is 5.20. The molecule has 0 amide bonds. The number of rotatable bonds is 3. The van der Waals surface area contributed by atoms with Crippen LogP contribution < -0.4 is 0 Å². The second-order valence-electron chi connectivity index (χ2n) is 6.90. The molecule has 0 spiro atoms. The van der Waals surface area contributed by atoms with Gasteiger partial charge in [0.15, 0.2) is 0 Å². The first-order valence-corrected chi connectivity index (χ1v) is 8.45. The number of nitriles is 1. The third kappa shape index (κ3) is 3.07. The van der Waals surface area contributed by atoms with E-state index in [9.17, 15) is 9.65 Å². The molecule has 0 saturated carbocycles. The maximum atomic E-state index is 14.6. The second-order valence-corrected chi connectivity index (χ2v) is 6.90. The van der Waals surface area contributed by atoms with Crippen molar-refractivity contribution in [3.63, 3.8) is 0 Å². The van der Waals surface area contributed by atoms with E-state index in [1.807, 2.05) is 12.1 Å². The molecule has 2 nitrogen and oxygen atoms in total. The Balaban J connectivity index is 1.87. The average Bonchev–Trinajstić information content (AvgIpc) is 2.86. The quantitative estimate of drug-likeness (QED) is 0.827. The molecule has 0 radical (unpaired) electrons. The molecule has 3 heteroatoms. The van der Waals surface area contributed by atoms with Crippen LogP contribution in [-0.4, -0.2) is 17.5 Å². The molecule has 1 fully saturated rings. The van der Waals surface area contributed by atoms with Gasteiger partial charge in [0.25, 0.3) is 0 Å². The van der Waals surface area contributed by atoms with Crippen LogP contribution in [0.15, 0.2) is 42.5 Å². The van der Waals surface area contributed by atoms with Crippen molar-refractivity contribution in [3.05, 3.63) is 70.5 Å². The fraction of sp³-hybridized carbons (Fsp3) is 0.381. The van der Waals surface area contributed by atoms with Crippen LogP contribution in [0.4, 0.5) is 4.39 Å². The number of aryl methyl sites for hydroxylation is 2. The Morgan fingerprint density at radius 1 is 1.21 bits per heavy atom. The lowest BCUT2D eigenvalue weighted by atomic mass is 9.86. The molecule has 3 atom stereocenters. The van der Waals surface area contributed by atoms with E-state index >= 15 is 0 Å². The van der Waals surface area contributed by atoms with E-state index in [1.54, 1.807) is 13.0 Å². The molecule has 1 heterocycles. The van der Waals surface area contributed by atoms with Crippen LogP contribution in [0.2, 0.25) is 0 Å². The van der Waals surface area contributed by atoms with Crippen molar-refractivity contribution >= 4 is 0 Å². The molecule has 2 aromatic carbocycles. The van der Waals surface area contributed by atoms with Crippen LogP contribution >= 0.6 is 0 Å². The van der Waals surface area contributed by atoms with Gasteiger partial charge in [-0.05, 0) is 37.5 Å². The summed E-state index contributed by atoms with van der Waals surface area (Å²) in [6, 6.07) is 16.5. The molecule has 3 rings (SSSR count). The molecule has 3 unspecified atom stereocenters. The van der Waals surface area contributed by atoms with Gasteiger partial charge in [-0.2, -0.15) is 5.26 Å². The maximum absolute atomic E-state index is 14.6. The normalized spacial score (nSPS) is 24.0. The van der Waals surface area contributed by atoms with Crippen molar-refractivity contribution in [2.24, 2.45) is 5.92 Å². The van der Waals surface area contributed by atoms with E-state index in [-0.39, 0.29) is 23.7 Å². The van der Waals surface area contributed by atoms with Gasteiger partial charge < -0.3 is 0 Å². The molecule has 124 valence electrons. The molecule has 0 aromatic heterocycles. The molecule has 24 heavy (non-hydrogen) atoms. The van der Waals surface area contributed by atoms with Crippen LogP contribution in [0.1, 0.15) is 35.1 Å². The van der Waals surface area contributed by atoms with Gasteiger partial charge in [-0.3, -0.25) is 4.90 Å². The van der Waals surface area contributed by atoms with E-state index in [1.165, 1.54) is 11.1 Å². The standard InChI is InChI=1S/C21H23FN2/c1-14-6-4-8-17(10-14)12-24-13-20(19(11-23)16(24)3)18-9-5-7-15(2)21(18)22/h4-10,16,19-20H,12-13H2,1-3H3. The molecular formula is C21H23FN2. The largest absolute Gasteiger partial charge is 0.294 e. The summed E-state index contributed by atoms with van der Waals surface area (Å²) in [6.45, 7) is 7.46. The zero-order valence-electron chi connectivity index (χ0n) is 14.5. The minimum atomic E-state index is -0.189. The van der Waals surface area contributed by atoms with E-state index in [4.69, 9.17) is 0 Å². The molecule has 1 saturated heterocycles. The zero-order chi connectivity index (χ0) is 17.3. The number of hydrogen-bond donors (Lipinski definition) is 0. The Morgan fingerprint density at radius 3 is 2.67 bits per heavy atom. The van der Waals surface area contributed by atoms with E-state index in [0.29, 0.717) is 17.7 Å². The zero-order valence-corrected chi connectivity index (χ0v) is 14.5. The summed E-state index contributed by atoms with van der Waals surface area (Å²) in [5, 5.41) is 9.66. The van der Waals surface area contributed by atoms with Crippen molar-refractivity contribution in [1.82, 2.24) is 4.90 Å². The lowest BCUT2D eigenvalue weighted by molar-refractivity contribution is 0.247. The number of halogens is 1. The highest BCUT2D eigenvalue weighted by molar-refractivity contribution is 5.32. The van der Waals surface area contributed by atoms with Crippen molar-refractivity contribution in [2.75, 3.05) is 6.54 Å². The topological polar surface area (TPSA) is 27.0 Å². The Hall–Kier alpha value is -2.18. The van der Waals surface area contributed by atoms with Crippen LogP contribution in [0, 0.1) is 36.9 Å². The first-order chi connectivity index (χ1) is 11.5. The summed E-state index contributed by atoms with van der Waals surface area (Å²) < 4.78 is 14.6. The van der Waals surface area contributed by atoms with Gasteiger partial charge in [0.1, 0.15) is 5.82 Å². The first kappa shape index (κ1) is 16.7. The van der Waals surface area contributed by atoms with Crippen LogP contribution in [0.25, 0.3) is 0 Å². The Morgan fingerprint density at radius 2 is 1.96 bits per heavy atom. The summed E-state index contributed by atoms with van der Waals surface area (Å²) in [6.07, 6.45) is 0. The third-order valence-corrected chi connectivity index (χ3v) is 5.20. The summed E-state index contributed by atoms with van der Waals surface area (Å²) >= 11 is 0. The lowest BCUT2D eigenvalue weighted by Crippen LogP contribution is -2.29. The predicted molar refractivity (Wildman–Crippen MR) is 94.0 cm³/mol. The van der Waals surface area contributed by atoms with Crippen molar-refractivity contribution in [2.45, 2.75) is 39.3 Å². The van der Waals surface area contributed by atoms with Crippen molar-refractivity contribution < 1.29 is 4.39 Å². The fourth-order valence-electron chi connectivity index (χ4n) is 3.80. The van der Waals surface area contributed by atoms with Crippen LogP contribution in [-0.2, 0) is 6.54 Å². The van der Waals surface area contributed by atoms with Gasteiger partial charge in [-0.1, -0.05) is 48.0 Å². The van der Waals surface area contributed by atoms with Crippen molar-refractivity contribution in [3.8, 4) is 6.07 Å². The number of benzene rings is 2. The summed E-state index contributed by atoms with van der Waals surface area (Å²) in [4.78, 5) is 2.30. The number of nitrogens with zero attached hydrogens (tertiary/aromatic N) is 2. The summed E-state index contributed by atoms with van der Waals surface area (Å²) in [7, 11) is 0. The van der Waals surface area contributed by atoms with Gasteiger partial charge in [0.05, 0.1) is 12.0 Å². The van der Waals surface area contributed by atoms with Gasteiger partial charge in [0.2, 0.25) is 0 Å². The highest BCUT2D eigenvalue weighted by Crippen LogP contribution is 2.39. The predicted octanol–water partition coefficient (Wildman–Crippen LogP) is 4.57. The summed E-state index contributed by atoms with van der Waals surface area (Å²) in [5.74, 6) is -0.423. The fourth-order valence-corrected chi connectivity index (χ4v) is 3.80. The smallest absolute Gasteiger partial charge is 0.129 e. The highest BCUT2D eigenvalue weighted by atomic mass is 19.1. The van der Waals surface area contributed by atoms with Crippen LogP contribution in [0.5, 0.6) is 0 Å². The van der Waals surface area contributed by atoms with Gasteiger partial charge >= 0.3 is 0 Å². The molecule has 1 aliphatic heterocycles. The molecule has 1 aliphatic rings. The minimum absolute atomic E-state index is 0.0743. The van der Waals surface area contributed by atoms with Gasteiger partial charge in [-0.25, -0.2) is 4.39 Å². The SMILES string of the molecule is Cc1cccc(CN2CC(c3cccc(C)c3F)C(C#N)C2C)c1. The van der Waals surface area contributed by atoms with E-state index in [0.717, 1.165) is 6.54 Å². The number of hydrogen-bond acceptors (Lipinski definition) is 2. The highest BCUT2D eigenvalue weighted by Gasteiger charge is 2.41. The maximum Gasteiger partial charge on any atom is 0.129 e. The molecule has 0 bridgehead atoms. The van der Waals surface area contributed by atoms with Gasteiger partial charge in [-0.15, -0.1) is 0 Å². The first-order valence-electron chi connectivity index (χ1n) is 8.45. The average molecular weight is 322 g/mol. The second kappa shape index (κ2) is 6.75. The van der Waals surface area contributed by atoms with Gasteiger partial charge in [0, 0.05) is 25.0 Å². The molecule has 0 aliphatic carbocycles. The lowest BCUT2D eigenvalue weighted by Gasteiger charge is -2.22. The number of likely N-dealkylation sites (tertiary alicyclic amines) is 1. The molecule has 0 N–H and O–H groups in total. The Labute approximate surface area is 143 Å². The Bertz CT molecular complexity index is 778. The van der Waals surface area contributed by atoms with E-state index in [2.05, 4.69) is 49.1 Å². The monoisotopic (exact) mass is 322 g/mol. The van der Waals surface area contributed by atoms with Crippen LogP contribution in [0.3, 0.4) is 0 Å². The molecular weight excluding hydrogens is 299 g/mol. The molecule has 2 aromatic rings. The van der Waals surface area contributed by atoms with E-state index < -0.39 is 0 Å². The summed E-state index contributed by atoms with van der Waals surface area (Å²) in [5.41, 5.74) is 3.80.